The van der Waals surface area contributed by atoms with Gasteiger partial charge in [0.1, 0.15) is 11.6 Å². The highest BCUT2D eigenvalue weighted by atomic mass is 16.5. The number of anilines is 1. The van der Waals surface area contributed by atoms with Crippen molar-refractivity contribution in [3.63, 3.8) is 0 Å². The summed E-state index contributed by atoms with van der Waals surface area (Å²) in [6.07, 6.45) is 0. The summed E-state index contributed by atoms with van der Waals surface area (Å²) in [7, 11) is 3.37. The molecule has 0 aliphatic rings. The molecule has 0 heterocycles. The molecule has 0 aliphatic heterocycles. The smallest absolute Gasteiger partial charge is 0.119 e. The molecule has 18 heavy (non-hydrogen) atoms. The number of methoxy groups -OCH3 is 2. The van der Waals surface area contributed by atoms with Crippen molar-refractivity contribution in [3.8, 4) is 5.75 Å². The van der Waals surface area contributed by atoms with Gasteiger partial charge in [0.05, 0.1) is 13.7 Å². The molecular weight excluding hydrogens is 228 g/mol. The Hall–Kier alpha value is -1.55. The van der Waals surface area contributed by atoms with E-state index in [4.69, 9.17) is 9.47 Å². The highest BCUT2D eigenvalue weighted by molar-refractivity contribution is 5.96. The molecular formula is C14H22N2O2. The van der Waals surface area contributed by atoms with Crippen LogP contribution in [0.15, 0.2) is 29.3 Å². The summed E-state index contributed by atoms with van der Waals surface area (Å²) >= 11 is 0. The van der Waals surface area contributed by atoms with Crippen LogP contribution in [0.4, 0.5) is 5.69 Å². The number of rotatable bonds is 6. The van der Waals surface area contributed by atoms with E-state index in [1.807, 2.05) is 38.1 Å². The van der Waals surface area contributed by atoms with Gasteiger partial charge in [-0.3, -0.25) is 4.99 Å². The standard InChI is InChI=1S/C14H22N2O2/c1-5-15-12(2)16(10-11-17-3)13-6-8-14(18-4)9-7-13/h6-9H,5,10-11H2,1-4H3. The second-order valence-electron chi connectivity index (χ2n) is 3.86. The Labute approximate surface area is 109 Å². The van der Waals surface area contributed by atoms with Crippen LogP contribution < -0.4 is 9.64 Å². The summed E-state index contributed by atoms with van der Waals surface area (Å²) in [5.41, 5.74) is 1.10. The van der Waals surface area contributed by atoms with Gasteiger partial charge in [-0.05, 0) is 38.1 Å². The first-order valence-electron chi connectivity index (χ1n) is 6.14. The summed E-state index contributed by atoms with van der Waals surface area (Å²) in [4.78, 5) is 6.60. The molecule has 0 amide bonds. The molecule has 1 rings (SSSR count). The fraction of sp³-hybridized carbons (Fsp3) is 0.500. The van der Waals surface area contributed by atoms with Crippen LogP contribution in [0.2, 0.25) is 0 Å². The van der Waals surface area contributed by atoms with E-state index in [1.165, 1.54) is 0 Å². The van der Waals surface area contributed by atoms with Gasteiger partial charge in [0.25, 0.3) is 0 Å². The van der Waals surface area contributed by atoms with Gasteiger partial charge in [-0.15, -0.1) is 0 Å². The molecule has 0 atom stereocenters. The van der Waals surface area contributed by atoms with Gasteiger partial charge in [-0.25, -0.2) is 0 Å². The van der Waals surface area contributed by atoms with Crippen LogP contribution in [-0.4, -0.2) is 39.8 Å². The highest BCUT2D eigenvalue weighted by Crippen LogP contribution is 2.19. The first-order valence-corrected chi connectivity index (χ1v) is 6.14. The zero-order valence-electron chi connectivity index (χ0n) is 11.6. The third kappa shape index (κ3) is 4.04. The lowest BCUT2D eigenvalue weighted by Gasteiger charge is -2.24. The lowest BCUT2D eigenvalue weighted by Crippen LogP contribution is -2.32. The third-order valence-electron chi connectivity index (χ3n) is 2.68. The lowest BCUT2D eigenvalue weighted by molar-refractivity contribution is 0.208. The van der Waals surface area contributed by atoms with E-state index in [0.717, 1.165) is 30.4 Å². The number of amidine groups is 1. The summed E-state index contributed by atoms with van der Waals surface area (Å²) in [5, 5.41) is 0. The topological polar surface area (TPSA) is 34.1 Å². The summed E-state index contributed by atoms with van der Waals surface area (Å²) in [6, 6.07) is 7.97. The Balaban J connectivity index is 2.89. The van der Waals surface area contributed by atoms with Crippen molar-refractivity contribution >= 4 is 11.5 Å². The molecule has 0 saturated carbocycles. The Morgan fingerprint density at radius 1 is 1.22 bits per heavy atom. The fourth-order valence-electron chi connectivity index (χ4n) is 1.74. The van der Waals surface area contributed by atoms with Gasteiger partial charge in [0.2, 0.25) is 0 Å². The average Bonchev–Trinajstić information content (AvgIpc) is 2.40. The average molecular weight is 250 g/mol. The second-order valence-corrected chi connectivity index (χ2v) is 3.86. The number of hydrogen-bond acceptors (Lipinski definition) is 3. The number of nitrogens with zero attached hydrogens (tertiary/aromatic N) is 2. The summed E-state index contributed by atoms with van der Waals surface area (Å²) in [5.74, 6) is 1.86. The van der Waals surface area contributed by atoms with Crippen molar-refractivity contribution in [2.75, 3.05) is 38.8 Å². The quantitative estimate of drug-likeness (QED) is 0.575. The van der Waals surface area contributed by atoms with Crippen LogP contribution >= 0.6 is 0 Å². The zero-order chi connectivity index (χ0) is 13.4. The molecule has 1 aromatic carbocycles. The second kappa shape index (κ2) is 7.71. The number of ether oxygens (including phenoxy) is 2. The van der Waals surface area contributed by atoms with Crippen LogP contribution in [0, 0.1) is 0 Å². The maximum atomic E-state index is 5.16. The maximum Gasteiger partial charge on any atom is 0.119 e. The fourth-order valence-corrected chi connectivity index (χ4v) is 1.74. The van der Waals surface area contributed by atoms with E-state index in [9.17, 15) is 0 Å². The minimum atomic E-state index is 0.669. The highest BCUT2D eigenvalue weighted by Gasteiger charge is 2.09. The van der Waals surface area contributed by atoms with Crippen LogP contribution in [0.25, 0.3) is 0 Å². The molecule has 0 bridgehead atoms. The predicted molar refractivity (Wildman–Crippen MR) is 75.9 cm³/mol. The molecule has 4 heteroatoms. The molecule has 0 aromatic heterocycles. The van der Waals surface area contributed by atoms with Crippen LogP contribution in [0.5, 0.6) is 5.75 Å². The van der Waals surface area contributed by atoms with Crippen molar-refractivity contribution in [1.29, 1.82) is 0 Å². The van der Waals surface area contributed by atoms with Gasteiger partial charge in [0, 0.05) is 25.9 Å². The molecule has 0 fully saturated rings. The van der Waals surface area contributed by atoms with Gasteiger partial charge < -0.3 is 14.4 Å². The van der Waals surface area contributed by atoms with Crippen LogP contribution in [0.1, 0.15) is 13.8 Å². The van der Waals surface area contributed by atoms with E-state index < -0.39 is 0 Å². The molecule has 0 unspecified atom stereocenters. The van der Waals surface area contributed by atoms with Gasteiger partial charge in [-0.2, -0.15) is 0 Å². The largest absolute Gasteiger partial charge is 0.497 e. The van der Waals surface area contributed by atoms with Crippen molar-refractivity contribution in [3.05, 3.63) is 24.3 Å². The predicted octanol–water partition coefficient (Wildman–Crippen LogP) is 2.59. The van der Waals surface area contributed by atoms with Crippen molar-refractivity contribution < 1.29 is 9.47 Å². The van der Waals surface area contributed by atoms with E-state index in [1.54, 1.807) is 14.2 Å². The van der Waals surface area contributed by atoms with E-state index in [-0.39, 0.29) is 0 Å². The van der Waals surface area contributed by atoms with E-state index in [0.29, 0.717) is 6.61 Å². The van der Waals surface area contributed by atoms with E-state index >= 15 is 0 Å². The van der Waals surface area contributed by atoms with Crippen molar-refractivity contribution in [1.82, 2.24) is 0 Å². The Morgan fingerprint density at radius 3 is 2.39 bits per heavy atom. The lowest BCUT2D eigenvalue weighted by atomic mass is 10.2. The monoisotopic (exact) mass is 250 g/mol. The minimum absolute atomic E-state index is 0.669. The Kier molecular flexibility index (Phi) is 6.22. The van der Waals surface area contributed by atoms with Gasteiger partial charge in [-0.1, -0.05) is 0 Å². The molecule has 0 spiro atoms. The molecule has 0 N–H and O–H groups in total. The molecule has 100 valence electrons. The number of aliphatic imine (C=N–C) groups is 1. The number of hydrogen-bond donors (Lipinski definition) is 0. The van der Waals surface area contributed by atoms with Crippen molar-refractivity contribution in [2.24, 2.45) is 4.99 Å². The third-order valence-corrected chi connectivity index (χ3v) is 2.68. The molecule has 0 saturated heterocycles. The van der Waals surface area contributed by atoms with Gasteiger partial charge in [0.15, 0.2) is 0 Å². The van der Waals surface area contributed by atoms with E-state index in [2.05, 4.69) is 9.89 Å². The Bertz CT molecular complexity index is 374. The first-order chi connectivity index (χ1) is 8.72. The van der Waals surface area contributed by atoms with Crippen molar-refractivity contribution in [2.45, 2.75) is 13.8 Å². The van der Waals surface area contributed by atoms with Crippen LogP contribution in [-0.2, 0) is 4.74 Å². The normalized spacial score (nSPS) is 11.4. The molecule has 1 aromatic rings. The number of benzene rings is 1. The maximum absolute atomic E-state index is 5.16. The summed E-state index contributed by atoms with van der Waals surface area (Å²) in [6.45, 7) is 6.29. The molecule has 4 nitrogen and oxygen atoms in total. The minimum Gasteiger partial charge on any atom is -0.497 e. The zero-order valence-corrected chi connectivity index (χ0v) is 11.6. The SMILES string of the molecule is CCN=C(C)N(CCOC)c1ccc(OC)cc1. The first kappa shape index (κ1) is 14.5. The Morgan fingerprint density at radius 2 is 1.89 bits per heavy atom. The molecule has 0 radical (unpaired) electrons. The van der Waals surface area contributed by atoms with Crippen LogP contribution in [0.3, 0.4) is 0 Å². The van der Waals surface area contributed by atoms with Gasteiger partial charge >= 0.3 is 0 Å². The summed E-state index contributed by atoms with van der Waals surface area (Å²) < 4.78 is 10.3. The molecule has 0 aliphatic carbocycles.